The largest absolute Gasteiger partial charge is 0.392 e. The lowest BCUT2D eigenvalue weighted by atomic mass is 9.38. The number of fused-ring (bicyclic) bond motifs is 5. The standard InChI is InChI=1S/C30H46O4/c1-18(2)14-20(32)15-19(3)21-10-11-29(7)26-24(33)16-23-22(8-9-25(34)27(23,4)5)30(26,17-31)13-12-28(21,29)6/h14,16-17,19,21-22,24-26,33-34H,8-13,15H2,1-7H3/t19-,21-,22?,24+,25+,26?,28-,29+,30-/m1/s1. The summed E-state index contributed by atoms with van der Waals surface area (Å²) in [5, 5.41) is 22.4. The highest BCUT2D eigenvalue weighted by Gasteiger charge is 2.70. The number of aliphatic hydroxyl groups excluding tert-OH is 2. The fourth-order valence-electron chi connectivity index (χ4n) is 9.39. The summed E-state index contributed by atoms with van der Waals surface area (Å²) in [5.41, 5.74) is 0.929. The Labute approximate surface area is 206 Å². The van der Waals surface area contributed by atoms with Crippen LogP contribution in [0, 0.1) is 45.3 Å². The number of allylic oxidation sites excluding steroid dienone is 2. The monoisotopic (exact) mass is 470 g/mol. The van der Waals surface area contributed by atoms with Crippen molar-refractivity contribution in [3.05, 3.63) is 23.3 Å². The van der Waals surface area contributed by atoms with Gasteiger partial charge in [0, 0.05) is 23.2 Å². The number of hydrogen-bond donors (Lipinski definition) is 2. The molecular formula is C30H46O4. The lowest BCUT2D eigenvalue weighted by Crippen LogP contribution is -2.64. The van der Waals surface area contributed by atoms with E-state index < -0.39 is 23.0 Å². The molecule has 9 atom stereocenters. The molecule has 34 heavy (non-hydrogen) atoms. The van der Waals surface area contributed by atoms with E-state index in [0.29, 0.717) is 18.8 Å². The zero-order valence-electron chi connectivity index (χ0n) is 22.4. The van der Waals surface area contributed by atoms with Crippen molar-refractivity contribution in [2.45, 2.75) is 106 Å². The predicted molar refractivity (Wildman–Crippen MR) is 135 cm³/mol. The Kier molecular flexibility index (Phi) is 6.38. The van der Waals surface area contributed by atoms with Gasteiger partial charge >= 0.3 is 0 Å². The van der Waals surface area contributed by atoms with Crippen LogP contribution in [-0.4, -0.2) is 34.5 Å². The number of aliphatic hydroxyl groups is 2. The number of ketones is 1. The van der Waals surface area contributed by atoms with E-state index in [1.165, 1.54) is 6.29 Å². The maximum atomic E-state index is 13.1. The van der Waals surface area contributed by atoms with Crippen LogP contribution in [0.2, 0.25) is 0 Å². The molecule has 0 saturated heterocycles. The molecule has 0 radical (unpaired) electrons. The Morgan fingerprint density at radius 1 is 1.06 bits per heavy atom. The van der Waals surface area contributed by atoms with Crippen molar-refractivity contribution in [1.29, 1.82) is 0 Å². The molecule has 0 bridgehead atoms. The molecule has 190 valence electrons. The normalized spacial score (nSPS) is 45.8. The molecule has 3 fully saturated rings. The van der Waals surface area contributed by atoms with Gasteiger partial charge in [-0.2, -0.15) is 0 Å². The van der Waals surface area contributed by atoms with Crippen LogP contribution in [0.5, 0.6) is 0 Å². The molecule has 2 unspecified atom stereocenters. The van der Waals surface area contributed by atoms with Crippen molar-refractivity contribution in [1.82, 2.24) is 0 Å². The third-order valence-corrected chi connectivity index (χ3v) is 11.3. The van der Waals surface area contributed by atoms with E-state index in [0.717, 1.165) is 43.3 Å². The second kappa shape index (κ2) is 8.40. The molecule has 4 aliphatic carbocycles. The summed E-state index contributed by atoms with van der Waals surface area (Å²) >= 11 is 0. The van der Waals surface area contributed by atoms with E-state index in [1.54, 1.807) is 6.08 Å². The molecule has 0 amide bonds. The van der Waals surface area contributed by atoms with Gasteiger partial charge in [-0.1, -0.05) is 51.8 Å². The Morgan fingerprint density at radius 3 is 2.35 bits per heavy atom. The van der Waals surface area contributed by atoms with Gasteiger partial charge in [-0.05, 0) is 87.0 Å². The molecule has 2 N–H and O–H groups in total. The van der Waals surface area contributed by atoms with Crippen LogP contribution in [0.25, 0.3) is 0 Å². The molecule has 0 heterocycles. The van der Waals surface area contributed by atoms with Crippen LogP contribution in [-0.2, 0) is 9.59 Å². The van der Waals surface area contributed by atoms with Crippen LogP contribution in [0.3, 0.4) is 0 Å². The summed E-state index contributed by atoms with van der Waals surface area (Å²) in [6, 6.07) is 0. The molecule has 4 nitrogen and oxygen atoms in total. The van der Waals surface area contributed by atoms with Crippen molar-refractivity contribution in [2.75, 3.05) is 0 Å². The summed E-state index contributed by atoms with van der Waals surface area (Å²) < 4.78 is 0. The minimum atomic E-state index is -0.688. The molecule has 0 aliphatic heterocycles. The maximum Gasteiger partial charge on any atom is 0.155 e. The van der Waals surface area contributed by atoms with E-state index in [9.17, 15) is 19.8 Å². The SMILES string of the molecule is CC(C)=CC(=O)C[C@@H](C)[C@H]1CC[C@@]2(C)C3[C@@H](O)C=C4C(CC[C@H](O)C4(C)C)[C@]3(C=O)CC[C@]12C. The first-order chi connectivity index (χ1) is 15.7. The minimum Gasteiger partial charge on any atom is -0.392 e. The van der Waals surface area contributed by atoms with Gasteiger partial charge in [0.15, 0.2) is 5.78 Å². The Hall–Kier alpha value is -1.26. The van der Waals surface area contributed by atoms with Crippen molar-refractivity contribution in [3.8, 4) is 0 Å². The van der Waals surface area contributed by atoms with Gasteiger partial charge in [0.1, 0.15) is 6.29 Å². The summed E-state index contributed by atoms with van der Waals surface area (Å²) in [6.45, 7) is 15.0. The predicted octanol–water partition coefficient (Wildman–Crippen LogP) is 5.66. The third kappa shape index (κ3) is 3.45. The van der Waals surface area contributed by atoms with Gasteiger partial charge in [0.25, 0.3) is 0 Å². The molecule has 3 saturated carbocycles. The third-order valence-electron chi connectivity index (χ3n) is 11.3. The van der Waals surface area contributed by atoms with E-state index >= 15 is 0 Å². The molecule has 4 heteroatoms. The highest BCUT2D eigenvalue weighted by Crippen LogP contribution is 2.74. The highest BCUT2D eigenvalue weighted by molar-refractivity contribution is 5.90. The van der Waals surface area contributed by atoms with Crippen LogP contribution >= 0.6 is 0 Å². The molecule has 4 aliphatic rings. The zero-order chi connectivity index (χ0) is 25.3. The van der Waals surface area contributed by atoms with Gasteiger partial charge in [-0.15, -0.1) is 0 Å². The summed E-state index contributed by atoms with van der Waals surface area (Å²) in [6.07, 6.45) is 9.68. The first-order valence-corrected chi connectivity index (χ1v) is 13.5. The van der Waals surface area contributed by atoms with Crippen LogP contribution in [0.1, 0.15) is 93.4 Å². The molecular weight excluding hydrogens is 424 g/mol. The second-order valence-electron chi connectivity index (χ2n) is 13.5. The summed E-state index contributed by atoms with van der Waals surface area (Å²) in [5.74, 6) is 0.847. The topological polar surface area (TPSA) is 74.6 Å². The van der Waals surface area contributed by atoms with E-state index in [4.69, 9.17) is 0 Å². The van der Waals surface area contributed by atoms with Gasteiger partial charge < -0.3 is 15.0 Å². The van der Waals surface area contributed by atoms with Crippen LogP contribution < -0.4 is 0 Å². The van der Waals surface area contributed by atoms with Gasteiger partial charge in [0.05, 0.1) is 12.2 Å². The minimum absolute atomic E-state index is 0.0229. The molecule has 0 spiro atoms. The lowest BCUT2D eigenvalue weighted by molar-refractivity contribution is -0.182. The molecule has 4 rings (SSSR count). The molecule has 0 aromatic heterocycles. The maximum absolute atomic E-state index is 13.1. The van der Waals surface area contributed by atoms with Crippen molar-refractivity contribution in [2.24, 2.45) is 45.3 Å². The fourth-order valence-corrected chi connectivity index (χ4v) is 9.39. The first-order valence-electron chi connectivity index (χ1n) is 13.5. The molecule has 0 aromatic rings. The van der Waals surface area contributed by atoms with Gasteiger partial charge in [-0.25, -0.2) is 0 Å². The Balaban J connectivity index is 1.72. The number of aldehydes is 1. The number of hydrogen-bond acceptors (Lipinski definition) is 4. The van der Waals surface area contributed by atoms with E-state index in [-0.39, 0.29) is 34.4 Å². The fraction of sp³-hybridized carbons (Fsp3) is 0.800. The van der Waals surface area contributed by atoms with Gasteiger partial charge in [0.2, 0.25) is 0 Å². The average Bonchev–Trinajstić information content (AvgIpc) is 3.01. The zero-order valence-corrected chi connectivity index (χ0v) is 22.4. The summed E-state index contributed by atoms with van der Waals surface area (Å²) in [7, 11) is 0. The Morgan fingerprint density at radius 2 is 1.74 bits per heavy atom. The number of carbonyl (C=O) groups is 2. The second-order valence-corrected chi connectivity index (χ2v) is 13.5. The average molecular weight is 471 g/mol. The van der Waals surface area contributed by atoms with E-state index in [2.05, 4.69) is 34.6 Å². The van der Waals surface area contributed by atoms with Crippen molar-refractivity contribution >= 4 is 12.1 Å². The quantitative estimate of drug-likeness (QED) is 0.309. The lowest BCUT2D eigenvalue weighted by Gasteiger charge is -2.66. The number of rotatable bonds is 5. The van der Waals surface area contributed by atoms with Gasteiger partial charge in [-0.3, -0.25) is 4.79 Å². The van der Waals surface area contributed by atoms with Crippen molar-refractivity contribution in [3.63, 3.8) is 0 Å². The smallest absolute Gasteiger partial charge is 0.155 e. The van der Waals surface area contributed by atoms with Crippen LogP contribution in [0.4, 0.5) is 0 Å². The van der Waals surface area contributed by atoms with E-state index in [1.807, 2.05) is 19.9 Å². The van der Waals surface area contributed by atoms with Crippen LogP contribution in [0.15, 0.2) is 23.3 Å². The summed E-state index contributed by atoms with van der Waals surface area (Å²) in [4.78, 5) is 25.7. The Bertz CT molecular complexity index is 911. The number of carbonyl (C=O) groups excluding carboxylic acids is 2. The van der Waals surface area contributed by atoms with Crippen molar-refractivity contribution < 1.29 is 19.8 Å². The highest BCUT2D eigenvalue weighted by atomic mass is 16.3. The molecule has 0 aromatic carbocycles. The first kappa shape index (κ1) is 25.8.